The minimum atomic E-state index is 0.702. The SMILES string of the molecule is CCCCCCN(C(C)C)C(C)CCC. The van der Waals surface area contributed by atoms with E-state index in [0.29, 0.717) is 6.04 Å². The lowest BCUT2D eigenvalue weighted by Gasteiger charge is -2.32. The Morgan fingerprint density at radius 3 is 2.00 bits per heavy atom. The van der Waals surface area contributed by atoms with Crippen LogP contribution in [-0.2, 0) is 0 Å². The van der Waals surface area contributed by atoms with Gasteiger partial charge in [0.15, 0.2) is 0 Å². The van der Waals surface area contributed by atoms with E-state index in [2.05, 4.69) is 39.5 Å². The maximum absolute atomic E-state index is 2.67. The Hall–Kier alpha value is -0.0400. The van der Waals surface area contributed by atoms with Gasteiger partial charge in [0.2, 0.25) is 0 Å². The van der Waals surface area contributed by atoms with Gasteiger partial charge in [0.05, 0.1) is 0 Å². The molecular formula is C14H31N. The lowest BCUT2D eigenvalue weighted by Crippen LogP contribution is -2.39. The molecule has 0 saturated carbocycles. The van der Waals surface area contributed by atoms with Crippen molar-refractivity contribution in [1.82, 2.24) is 4.90 Å². The Morgan fingerprint density at radius 2 is 1.53 bits per heavy atom. The number of rotatable bonds is 9. The summed E-state index contributed by atoms with van der Waals surface area (Å²) >= 11 is 0. The molecule has 0 heterocycles. The van der Waals surface area contributed by atoms with Crippen molar-refractivity contribution in [2.75, 3.05) is 6.54 Å². The highest BCUT2D eigenvalue weighted by Gasteiger charge is 2.15. The zero-order valence-corrected chi connectivity index (χ0v) is 11.6. The summed E-state index contributed by atoms with van der Waals surface area (Å²) in [5.74, 6) is 0. The molecule has 0 aromatic rings. The van der Waals surface area contributed by atoms with Crippen molar-refractivity contribution in [3.8, 4) is 0 Å². The third-order valence-electron chi connectivity index (χ3n) is 3.21. The normalized spacial score (nSPS) is 13.8. The second-order valence-electron chi connectivity index (χ2n) is 5.03. The van der Waals surface area contributed by atoms with Crippen LogP contribution >= 0.6 is 0 Å². The molecule has 0 fully saturated rings. The first-order valence-corrected chi connectivity index (χ1v) is 6.89. The smallest absolute Gasteiger partial charge is 0.00695 e. The maximum Gasteiger partial charge on any atom is 0.00695 e. The fourth-order valence-corrected chi connectivity index (χ4v) is 2.29. The van der Waals surface area contributed by atoms with Gasteiger partial charge in [0.1, 0.15) is 0 Å². The van der Waals surface area contributed by atoms with Gasteiger partial charge < -0.3 is 0 Å². The van der Waals surface area contributed by atoms with Crippen molar-refractivity contribution in [2.45, 2.75) is 85.2 Å². The highest BCUT2D eigenvalue weighted by Crippen LogP contribution is 2.12. The quantitative estimate of drug-likeness (QED) is 0.511. The molecule has 0 N–H and O–H groups in total. The van der Waals surface area contributed by atoms with Gasteiger partial charge in [-0.3, -0.25) is 4.90 Å². The van der Waals surface area contributed by atoms with Gasteiger partial charge in [-0.15, -0.1) is 0 Å². The molecule has 0 spiro atoms. The predicted octanol–water partition coefficient (Wildman–Crippen LogP) is 4.47. The second-order valence-corrected chi connectivity index (χ2v) is 5.03. The van der Waals surface area contributed by atoms with E-state index in [9.17, 15) is 0 Å². The van der Waals surface area contributed by atoms with Gasteiger partial charge in [-0.1, -0.05) is 39.5 Å². The van der Waals surface area contributed by atoms with E-state index in [0.717, 1.165) is 6.04 Å². The van der Waals surface area contributed by atoms with Gasteiger partial charge in [-0.25, -0.2) is 0 Å². The molecule has 0 bridgehead atoms. The topological polar surface area (TPSA) is 3.24 Å². The maximum atomic E-state index is 2.67. The highest BCUT2D eigenvalue weighted by atomic mass is 15.2. The third-order valence-corrected chi connectivity index (χ3v) is 3.21. The molecule has 1 heteroatoms. The molecule has 1 atom stereocenters. The molecule has 92 valence electrons. The van der Waals surface area contributed by atoms with Crippen molar-refractivity contribution < 1.29 is 0 Å². The van der Waals surface area contributed by atoms with E-state index in [1.165, 1.54) is 45.1 Å². The summed E-state index contributed by atoms with van der Waals surface area (Å²) in [5.41, 5.74) is 0. The van der Waals surface area contributed by atoms with Crippen molar-refractivity contribution >= 4 is 0 Å². The Morgan fingerprint density at radius 1 is 0.867 bits per heavy atom. The molecule has 1 nitrogen and oxygen atoms in total. The summed E-state index contributed by atoms with van der Waals surface area (Å²) in [4.78, 5) is 2.67. The van der Waals surface area contributed by atoms with Gasteiger partial charge >= 0.3 is 0 Å². The Bertz CT molecular complexity index is 131. The van der Waals surface area contributed by atoms with Crippen molar-refractivity contribution in [1.29, 1.82) is 0 Å². The van der Waals surface area contributed by atoms with E-state index in [-0.39, 0.29) is 0 Å². The van der Waals surface area contributed by atoms with E-state index >= 15 is 0 Å². The van der Waals surface area contributed by atoms with Crippen LogP contribution in [0, 0.1) is 0 Å². The number of unbranched alkanes of at least 4 members (excludes halogenated alkanes) is 3. The Balaban J connectivity index is 3.82. The standard InChI is InChI=1S/C14H31N/c1-6-8-9-10-12-15(13(3)4)14(5)11-7-2/h13-14H,6-12H2,1-5H3. The first kappa shape index (κ1) is 15.0. The summed E-state index contributed by atoms with van der Waals surface area (Å²) in [7, 11) is 0. The fraction of sp³-hybridized carbons (Fsp3) is 1.00. The molecule has 0 aliphatic carbocycles. The lowest BCUT2D eigenvalue weighted by molar-refractivity contribution is 0.152. The molecule has 0 aromatic heterocycles. The van der Waals surface area contributed by atoms with Crippen LogP contribution in [0.5, 0.6) is 0 Å². The molecule has 0 aliphatic rings. The van der Waals surface area contributed by atoms with Gasteiger partial charge in [0, 0.05) is 12.1 Å². The Kier molecular flexibility index (Phi) is 9.18. The van der Waals surface area contributed by atoms with Crippen LogP contribution in [0.1, 0.15) is 73.1 Å². The van der Waals surface area contributed by atoms with Crippen molar-refractivity contribution in [3.63, 3.8) is 0 Å². The van der Waals surface area contributed by atoms with Gasteiger partial charge in [-0.05, 0) is 40.2 Å². The van der Waals surface area contributed by atoms with Crippen LogP contribution in [0.3, 0.4) is 0 Å². The van der Waals surface area contributed by atoms with Crippen LogP contribution in [0.4, 0.5) is 0 Å². The summed E-state index contributed by atoms with van der Waals surface area (Å²) in [6.45, 7) is 12.9. The summed E-state index contributed by atoms with van der Waals surface area (Å²) in [6, 6.07) is 1.46. The van der Waals surface area contributed by atoms with E-state index < -0.39 is 0 Å². The molecule has 1 unspecified atom stereocenters. The molecule has 15 heavy (non-hydrogen) atoms. The van der Waals surface area contributed by atoms with E-state index in [1.807, 2.05) is 0 Å². The zero-order valence-electron chi connectivity index (χ0n) is 11.6. The Labute approximate surface area is 97.2 Å². The molecule has 0 radical (unpaired) electrons. The molecule has 0 aromatic carbocycles. The largest absolute Gasteiger partial charge is 0.298 e. The highest BCUT2D eigenvalue weighted by molar-refractivity contribution is 4.70. The molecule has 0 rings (SSSR count). The molecule has 0 saturated heterocycles. The average Bonchev–Trinajstić information content (AvgIpc) is 2.17. The van der Waals surface area contributed by atoms with Crippen LogP contribution in [0.2, 0.25) is 0 Å². The summed E-state index contributed by atoms with van der Waals surface area (Å²) < 4.78 is 0. The third kappa shape index (κ3) is 6.94. The van der Waals surface area contributed by atoms with Gasteiger partial charge in [-0.2, -0.15) is 0 Å². The van der Waals surface area contributed by atoms with E-state index in [4.69, 9.17) is 0 Å². The van der Waals surface area contributed by atoms with Crippen LogP contribution in [0.25, 0.3) is 0 Å². The van der Waals surface area contributed by atoms with E-state index in [1.54, 1.807) is 0 Å². The van der Waals surface area contributed by atoms with Crippen LogP contribution in [0.15, 0.2) is 0 Å². The molecule has 0 aliphatic heterocycles. The van der Waals surface area contributed by atoms with Gasteiger partial charge in [0.25, 0.3) is 0 Å². The zero-order chi connectivity index (χ0) is 11.7. The van der Waals surface area contributed by atoms with Crippen molar-refractivity contribution in [2.24, 2.45) is 0 Å². The molecule has 0 amide bonds. The first-order valence-electron chi connectivity index (χ1n) is 6.89. The minimum Gasteiger partial charge on any atom is -0.298 e. The number of hydrogen-bond donors (Lipinski definition) is 0. The monoisotopic (exact) mass is 213 g/mol. The summed E-state index contributed by atoms with van der Waals surface area (Å²) in [6.07, 6.45) is 8.16. The van der Waals surface area contributed by atoms with Crippen LogP contribution < -0.4 is 0 Å². The number of hydrogen-bond acceptors (Lipinski definition) is 1. The minimum absolute atomic E-state index is 0.702. The van der Waals surface area contributed by atoms with Crippen LogP contribution in [-0.4, -0.2) is 23.5 Å². The summed E-state index contributed by atoms with van der Waals surface area (Å²) in [5, 5.41) is 0. The first-order chi connectivity index (χ1) is 7.13. The second kappa shape index (κ2) is 9.21. The fourth-order valence-electron chi connectivity index (χ4n) is 2.29. The number of nitrogens with zero attached hydrogens (tertiary/aromatic N) is 1. The lowest BCUT2D eigenvalue weighted by atomic mass is 10.1. The predicted molar refractivity (Wildman–Crippen MR) is 70.4 cm³/mol. The molecular weight excluding hydrogens is 182 g/mol. The van der Waals surface area contributed by atoms with Crippen molar-refractivity contribution in [3.05, 3.63) is 0 Å². The average molecular weight is 213 g/mol.